The van der Waals surface area contributed by atoms with Gasteiger partial charge in [0.1, 0.15) is 11.2 Å². The molecule has 0 fully saturated rings. The van der Waals surface area contributed by atoms with Crippen LogP contribution in [0.2, 0.25) is 10.0 Å². The van der Waals surface area contributed by atoms with E-state index in [2.05, 4.69) is 25.4 Å². The number of nitrogens with zero attached hydrogens (tertiary/aromatic N) is 5. The lowest BCUT2D eigenvalue weighted by atomic mass is 9.89. The van der Waals surface area contributed by atoms with Crippen LogP contribution in [-0.2, 0) is 15.0 Å². The molecule has 2 aromatic heterocycles. The highest BCUT2D eigenvalue weighted by molar-refractivity contribution is 6.66. The first-order chi connectivity index (χ1) is 19.0. The maximum atomic E-state index is 12.1. The van der Waals surface area contributed by atoms with Crippen LogP contribution in [0.15, 0.2) is 35.5 Å². The fourth-order valence-electron chi connectivity index (χ4n) is 3.51. The summed E-state index contributed by atoms with van der Waals surface area (Å²) in [6.07, 6.45) is 2.30. The second-order valence-electron chi connectivity index (χ2n) is 9.18. The Kier molecular flexibility index (Phi) is 9.92. The minimum absolute atomic E-state index is 0.00167. The Bertz CT molecular complexity index is 1550. The normalized spacial score (nSPS) is 16.6. The Morgan fingerprint density at radius 3 is 2.27 bits per heavy atom. The molecule has 3 aromatic rings. The molecule has 1 amide bonds. The quantitative estimate of drug-likeness (QED) is 0.282. The number of pyridine rings is 1. The van der Waals surface area contributed by atoms with E-state index in [1.54, 1.807) is 19.2 Å². The van der Waals surface area contributed by atoms with Gasteiger partial charge in [-0.05, 0) is 49.1 Å². The van der Waals surface area contributed by atoms with Crippen LogP contribution in [0.1, 0.15) is 65.8 Å². The van der Waals surface area contributed by atoms with Crippen molar-refractivity contribution in [2.24, 2.45) is 10.9 Å². The van der Waals surface area contributed by atoms with Gasteiger partial charge in [-0.2, -0.15) is 0 Å². The Morgan fingerprint density at radius 2 is 1.78 bits per heavy atom. The molecule has 1 aliphatic heterocycles. The molecule has 1 atom stereocenters. The van der Waals surface area contributed by atoms with Crippen molar-refractivity contribution >= 4 is 81.7 Å². The second kappa shape index (κ2) is 12.5. The first kappa shape index (κ1) is 32.6. The van der Waals surface area contributed by atoms with E-state index in [0.717, 1.165) is 10.2 Å². The van der Waals surface area contributed by atoms with E-state index in [-0.39, 0.29) is 45.5 Å². The third kappa shape index (κ3) is 7.10. The van der Waals surface area contributed by atoms with E-state index in [4.69, 9.17) is 63.1 Å². The van der Waals surface area contributed by atoms with Crippen LogP contribution in [-0.4, -0.2) is 59.2 Å². The largest absolute Gasteiger partial charge is 0.478 e. The highest BCUT2D eigenvalue weighted by atomic mass is 35.6. The van der Waals surface area contributed by atoms with Gasteiger partial charge < -0.3 is 15.5 Å². The van der Waals surface area contributed by atoms with Crippen LogP contribution < -0.4 is 5.32 Å². The third-order valence-electron chi connectivity index (χ3n) is 6.16. The van der Waals surface area contributed by atoms with Gasteiger partial charge in [0.15, 0.2) is 11.7 Å². The van der Waals surface area contributed by atoms with E-state index in [0.29, 0.717) is 11.4 Å². The lowest BCUT2D eigenvalue weighted by molar-refractivity contribution is -0.124. The van der Waals surface area contributed by atoms with Crippen molar-refractivity contribution in [2.45, 2.75) is 43.4 Å². The standard InChI is InChI=1S/C15H19N3O3.C10H4Cl5N3O2/c1-5-9-6-10(13(19)20)11(16-7-9)12-17-14(21)15(4,18-12)8(2)3;11-4-1-2-6(5(12)3-4)18-9(10(13,14)15)16-7(17-18)8(19)20/h6-8H,5H2,1-4H3,(H,19,20)(H,17,18,21);1-3H,(H,19,20). The van der Waals surface area contributed by atoms with Crippen molar-refractivity contribution in [3.05, 3.63) is 69.0 Å². The molecule has 16 heteroatoms. The number of aryl methyl sites for hydroxylation is 1. The number of amidine groups is 1. The Morgan fingerprint density at radius 1 is 1.12 bits per heavy atom. The molecule has 3 heterocycles. The minimum atomic E-state index is -1.97. The van der Waals surface area contributed by atoms with Crippen LogP contribution >= 0.6 is 58.0 Å². The molecule has 0 saturated carbocycles. The average Bonchev–Trinajstić information content (AvgIpc) is 3.46. The Labute approximate surface area is 259 Å². The molecule has 1 aliphatic rings. The van der Waals surface area contributed by atoms with Crippen molar-refractivity contribution in [1.82, 2.24) is 25.1 Å². The van der Waals surface area contributed by atoms with Gasteiger partial charge in [-0.25, -0.2) is 24.2 Å². The number of carboxylic acids is 2. The molecule has 0 aliphatic carbocycles. The van der Waals surface area contributed by atoms with E-state index < -0.39 is 27.1 Å². The van der Waals surface area contributed by atoms with Gasteiger partial charge in [-0.15, -0.1) is 5.10 Å². The SMILES string of the molecule is CCc1cnc(C2=NC(C)(C(C)C)C(=O)N2)c(C(=O)O)c1.O=C(O)c1nc(C(Cl)(Cl)Cl)n(-c2ccc(Cl)cc2Cl)n1. The number of amides is 1. The van der Waals surface area contributed by atoms with Crippen molar-refractivity contribution in [1.29, 1.82) is 0 Å². The summed E-state index contributed by atoms with van der Waals surface area (Å²) in [5.41, 5.74) is 0.486. The van der Waals surface area contributed by atoms with Gasteiger partial charge in [0.25, 0.3) is 11.7 Å². The first-order valence-corrected chi connectivity index (χ1v) is 13.7. The summed E-state index contributed by atoms with van der Waals surface area (Å²) in [4.78, 5) is 46.8. The molecular formula is C25H23Cl5N6O5. The monoisotopic (exact) mass is 662 g/mol. The molecule has 1 unspecified atom stereocenters. The van der Waals surface area contributed by atoms with Crippen LogP contribution in [0, 0.1) is 5.92 Å². The predicted molar refractivity (Wildman–Crippen MR) is 156 cm³/mol. The highest BCUT2D eigenvalue weighted by Crippen LogP contribution is 2.39. The van der Waals surface area contributed by atoms with Crippen molar-refractivity contribution in [3.8, 4) is 5.69 Å². The Balaban J connectivity index is 0.000000226. The summed E-state index contributed by atoms with van der Waals surface area (Å²) in [6, 6.07) is 6.06. The van der Waals surface area contributed by atoms with Crippen LogP contribution in [0.5, 0.6) is 0 Å². The number of hydrogen-bond acceptors (Lipinski definition) is 7. The molecular weight excluding hydrogens is 642 g/mol. The van der Waals surface area contributed by atoms with Gasteiger partial charge in [-0.3, -0.25) is 9.78 Å². The number of carbonyl (C=O) groups is 3. The fraction of sp³-hybridized carbons (Fsp3) is 0.320. The number of aromatic nitrogens is 4. The lowest BCUT2D eigenvalue weighted by Crippen LogP contribution is -2.41. The summed E-state index contributed by atoms with van der Waals surface area (Å²) in [5, 5.41) is 25.3. The van der Waals surface area contributed by atoms with E-state index in [1.165, 1.54) is 18.2 Å². The number of aliphatic imine (C=N–C) groups is 1. The zero-order chi connectivity index (χ0) is 30.9. The summed E-state index contributed by atoms with van der Waals surface area (Å²) in [6.45, 7) is 7.46. The maximum Gasteiger partial charge on any atom is 0.375 e. The molecule has 1 aromatic carbocycles. The maximum absolute atomic E-state index is 12.1. The molecule has 0 radical (unpaired) electrons. The smallest absolute Gasteiger partial charge is 0.375 e. The van der Waals surface area contributed by atoms with Crippen LogP contribution in [0.3, 0.4) is 0 Å². The zero-order valence-electron chi connectivity index (χ0n) is 21.9. The highest BCUT2D eigenvalue weighted by Gasteiger charge is 2.43. The molecule has 0 bridgehead atoms. The number of rotatable bonds is 6. The van der Waals surface area contributed by atoms with Crippen molar-refractivity contribution in [2.75, 3.05) is 0 Å². The van der Waals surface area contributed by atoms with Crippen molar-refractivity contribution in [3.63, 3.8) is 0 Å². The topological polar surface area (TPSA) is 160 Å². The number of benzene rings is 1. The predicted octanol–water partition coefficient (Wildman–Crippen LogP) is 5.73. The van der Waals surface area contributed by atoms with Gasteiger partial charge in [0, 0.05) is 11.2 Å². The summed E-state index contributed by atoms with van der Waals surface area (Å²) in [7, 11) is 0. The molecule has 41 heavy (non-hydrogen) atoms. The molecule has 218 valence electrons. The third-order valence-corrected chi connectivity index (χ3v) is 7.20. The molecule has 0 saturated heterocycles. The number of nitrogens with one attached hydrogen (secondary N) is 1. The number of hydrogen-bond donors (Lipinski definition) is 3. The molecule has 4 rings (SSSR count). The van der Waals surface area contributed by atoms with Gasteiger partial charge in [0.2, 0.25) is 3.79 Å². The zero-order valence-corrected chi connectivity index (χ0v) is 25.7. The summed E-state index contributed by atoms with van der Waals surface area (Å²) >= 11 is 29.1. The number of carbonyl (C=O) groups excluding carboxylic acids is 1. The van der Waals surface area contributed by atoms with E-state index in [1.807, 2.05) is 20.8 Å². The second-order valence-corrected chi connectivity index (χ2v) is 12.3. The van der Waals surface area contributed by atoms with Gasteiger partial charge in [-0.1, -0.05) is 78.8 Å². The molecule has 11 nitrogen and oxygen atoms in total. The van der Waals surface area contributed by atoms with Gasteiger partial charge >= 0.3 is 11.9 Å². The first-order valence-electron chi connectivity index (χ1n) is 11.9. The lowest BCUT2D eigenvalue weighted by Gasteiger charge is -2.21. The number of halogens is 5. The minimum Gasteiger partial charge on any atom is -0.478 e. The average molecular weight is 665 g/mol. The van der Waals surface area contributed by atoms with Crippen molar-refractivity contribution < 1.29 is 24.6 Å². The van der Waals surface area contributed by atoms with Crippen LogP contribution in [0.25, 0.3) is 5.69 Å². The fourth-order valence-corrected chi connectivity index (χ4v) is 4.36. The van der Waals surface area contributed by atoms with Gasteiger partial charge in [0.05, 0.1) is 16.3 Å². The molecule has 0 spiro atoms. The number of carboxylic acid groups (broad SMARTS) is 2. The van der Waals surface area contributed by atoms with Crippen LogP contribution in [0.4, 0.5) is 0 Å². The number of alkyl halides is 3. The summed E-state index contributed by atoms with van der Waals surface area (Å²) in [5.74, 6) is -3.15. The van der Waals surface area contributed by atoms with E-state index in [9.17, 15) is 19.5 Å². The molecule has 3 N–H and O–H groups in total. The van der Waals surface area contributed by atoms with E-state index >= 15 is 0 Å². The summed E-state index contributed by atoms with van der Waals surface area (Å²) < 4.78 is -0.918. The Hall–Kier alpha value is -2.96. The number of aromatic carboxylic acids is 2.